The van der Waals surface area contributed by atoms with Gasteiger partial charge in [-0.3, -0.25) is 0 Å². The van der Waals surface area contributed by atoms with E-state index in [9.17, 15) is 26.3 Å². The molecule has 0 nitrogen and oxygen atoms in total. The fraction of sp³-hybridized carbons (Fsp3) is 0.200. The van der Waals surface area contributed by atoms with Gasteiger partial charge in [-0.05, 0) is 18.2 Å². The highest BCUT2D eigenvalue weighted by Gasteiger charge is 2.35. The Hall–Kier alpha value is -1.46. The van der Waals surface area contributed by atoms with Crippen LogP contribution in [0.4, 0.5) is 26.3 Å². The molecule has 0 spiro atoms. The van der Waals surface area contributed by atoms with Crippen molar-refractivity contribution in [2.24, 2.45) is 0 Å². The van der Waals surface area contributed by atoms with E-state index in [1.54, 1.807) is 0 Å². The van der Waals surface area contributed by atoms with Crippen LogP contribution in [0.2, 0.25) is 0 Å². The minimum absolute atomic E-state index is 0.0833. The van der Waals surface area contributed by atoms with E-state index in [4.69, 9.17) is 0 Å². The van der Waals surface area contributed by atoms with E-state index < -0.39 is 23.5 Å². The van der Waals surface area contributed by atoms with Gasteiger partial charge < -0.3 is 0 Å². The normalized spacial score (nSPS) is 11.6. The quantitative estimate of drug-likeness (QED) is 0.463. The summed E-state index contributed by atoms with van der Waals surface area (Å²) in [5.74, 6) is 0. The van der Waals surface area contributed by atoms with Crippen molar-refractivity contribution in [3.8, 4) is 0 Å². The molecule has 0 heterocycles. The van der Waals surface area contributed by atoms with Gasteiger partial charge in [0.05, 0.1) is 11.1 Å². The average Bonchev–Trinajstić information content (AvgIpc) is 2.18. The van der Waals surface area contributed by atoms with Crippen molar-refractivity contribution in [3.63, 3.8) is 0 Å². The van der Waals surface area contributed by atoms with Gasteiger partial charge in [0.15, 0.2) is 0 Å². The second kappa shape index (κ2) is 5.05. The van der Waals surface area contributed by atoms with E-state index in [0.717, 1.165) is 6.07 Å². The molecule has 0 unspecified atom stereocenters. The second-order valence-corrected chi connectivity index (χ2v) is 2.58. The maximum atomic E-state index is 12.0. The molecular weight excluding hydrogens is 234 g/mol. The zero-order valence-corrected chi connectivity index (χ0v) is 7.99. The van der Waals surface area contributed by atoms with Crippen LogP contribution in [-0.4, -0.2) is 0 Å². The Morgan fingerprint density at radius 1 is 0.750 bits per heavy atom. The minimum Gasteiger partial charge on any atom is -0.166 e. The number of hydrogen-bond donors (Lipinski definition) is 0. The van der Waals surface area contributed by atoms with Gasteiger partial charge in [0.1, 0.15) is 0 Å². The van der Waals surface area contributed by atoms with E-state index >= 15 is 0 Å². The topological polar surface area (TPSA) is 0 Å². The van der Waals surface area contributed by atoms with Crippen molar-refractivity contribution in [2.45, 2.75) is 12.4 Å². The molecule has 0 N–H and O–H groups in total. The van der Waals surface area contributed by atoms with Crippen molar-refractivity contribution in [2.75, 3.05) is 0 Å². The first kappa shape index (κ1) is 14.5. The molecule has 0 amide bonds. The number of halogens is 6. The molecule has 1 aromatic carbocycles. The van der Waals surface area contributed by atoms with Crippen molar-refractivity contribution in [3.05, 3.63) is 48.6 Å². The zero-order valence-electron chi connectivity index (χ0n) is 7.99. The lowest BCUT2D eigenvalue weighted by molar-refractivity contribution is -0.143. The van der Waals surface area contributed by atoms with E-state index in [1.165, 1.54) is 0 Å². The van der Waals surface area contributed by atoms with Crippen LogP contribution in [0.25, 0.3) is 0 Å². The molecule has 0 aliphatic rings. The number of hydrogen-bond acceptors (Lipinski definition) is 0. The van der Waals surface area contributed by atoms with Gasteiger partial charge in [-0.1, -0.05) is 6.07 Å². The molecule has 0 fully saturated rings. The summed E-state index contributed by atoms with van der Waals surface area (Å²) in [4.78, 5) is 0. The number of benzene rings is 1. The summed E-state index contributed by atoms with van der Waals surface area (Å²) < 4.78 is 71.9. The third kappa shape index (κ3) is 3.96. The molecule has 0 aliphatic heterocycles. The highest BCUT2D eigenvalue weighted by Crippen LogP contribution is 2.34. The van der Waals surface area contributed by atoms with Crippen LogP contribution in [0.5, 0.6) is 0 Å². The van der Waals surface area contributed by atoms with E-state index in [2.05, 4.69) is 13.2 Å². The fourth-order valence-electron chi connectivity index (χ4n) is 0.872. The Labute approximate surface area is 88.2 Å². The predicted octanol–water partition coefficient (Wildman–Crippen LogP) is 4.53. The summed E-state index contributed by atoms with van der Waals surface area (Å²) in [7, 11) is 0. The summed E-state index contributed by atoms with van der Waals surface area (Å²) in [6.07, 6.45) is -9.50. The summed E-state index contributed by atoms with van der Waals surface area (Å²) in [5, 5.41) is 0. The first-order chi connectivity index (χ1) is 7.21. The summed E-state index contributed by atoms with van der Waals surface area (Å²) in [5.41, 5.74) is -2.60. The highest BCUT2D eigenvalue weighted by atomic mass is 19.4. The molecule has 90 valence electrons. The maximum absolute atomic E-state index is 12.0. The molecule has 0 radical (unpaired) electrons. The van der Waals surface area contributed by atoms with Gasteiger partial charge in [-0.15, -0.1) is 13.2 Å². The van der Waals surface area contributed by atoms with Gasteiger partial charge >= 0.3 is 12.4 Å². The van der Waals surface area contributed by atoms with Crippen LogP contribution >= 0.6 is 0 Å². The molecular formula is C10H8F6. The lowest BCUT2D eigenvalue weighted by Gasteiger charge is -2.10. The van der Waals surface area contributed by atoms with Crippen molar-refractivity contribution >= 4 is 0 Å². The second-order valence-electron chi connectivity index (χ2n) is 2.58. The fourth-order valence-corrected chi connectivity index (χ4v) is 0.872. The Kier molecular flexibility index (Phi) is 4.59. The highest BCUT2D eigenvalue weighted by molar-refractivity contribution is 5.27. The maximum Gasteiger partial charge on any atom is 0.416 e. The lowest BCUT2D eigenvalue weighted by atomic mass is 10.1. The molecule has 1 aromatic rings. The Morgan fingerprint density at radius 2 is 1.06 bits per heavy atom. The summed E-state index contributed by atoms with van der Waals surface area (Å²) in [6.45, 7) is 6.00. The van der Waals surface area contributed by atoms with E-state index in [1.807, 2.05) is 0 Å². The lowest BCUT2D eigenvalue weighted by Crippen LogP contribution is -2.09. The molecule has 1 rings (SSSR count). The minimum atomic E-state index is -4.75. The summed E-state index contributed by atoms with van der Waals surface area (Å²) >= 11 is 0. The van der Waals surface area contributed by atoms with Crippen LogP contribution < -0.4 is 0 Å². The average molecular weight is 242 g/mol. The van der Waals surface area contributed by atoms with Crippen LogP contribution in [0, 0.1) is 0 Å². The van der Waals surface area contributed by atoms with E-state index in [0.29, 0.717) is 12.1 Å². The number of alkyl halides is 6. The van der Waals surface area contributed by atoms with Gasteiger partial charge in [0.2, 0.25) is 0 Å². The number of rotatable bonds is 0. The van der Waals surface area contributed by atoms with Gasteiger partial charge in [-0.25, -0.2) is 0 Å². The SMILES string of the molecule is C=C.FC(F)(F)c1cccc(C(F)(F)F)c1. The smallest absolute Gasteiger partial charge is 0.166 e. The molecule has 16 heavy (non-hydrogen) atoms. The molecule has 0 aliphatic carbocycles. The third-order valence-corrected chi connectivity index (χ3v) is 1.52. The van der Waals surface area contributed by atoms with Crippen LogP contribution in [0.15, 0.2) is 37.4 Å². The Morgan fingerprint density at radius 3 is 1.31 bits per heavy atom. The predicted molar refractivity (Wildman–Crippen MR) is 47.7 cm³/mol. The monoisotopic (exact) mass is 242 g/mol. The van der Waals surface area contributed by atoms with Gasteiger partial charge in [0.25, 0.3) is 0 Å². The standard InChI is InChI=1S/C8H4F6.C2H4/c9-7(10,11)5-2-1-3-6(4-5)8(12,13)14;1-2/h1-4H;1-2H2. The van der Waals surface area contributed by atoms with Gasteiger partial charge in [-0.2, -0.15) is 26.3 Å². The van der Waals surface area contributed by atoms with Crippen LogP contribution in [0.1, 0.15) is 11.1 Å². The summed E-state index contributed by atoms with van der Waals surface area (Å²) in [6, 6.07) is 2.00. The first-order valence-electron chi connectivity index (χ1n) is 3.96. The Bertz CT molecular complexity index is 307. The van der Waals surface area contributed by atoms with E-state index in [-0.39, 0.29) is 6.07 Å². The third-order valence-electron chi connectivity index (χ3n) is 1.52. The van der Waals surface area contributed by atoms with Crippen LogP contribution in [-0.2, 0) is 12.4 Å². The van der Waals surface area contributed by atoms with Crippen molar-refractivity contribution in [1.29, 1.82) is 0 Å². The molecule has 0 aromatic heterocycles. The molecule has 6 heteroatoms. The Balaban J connectivity index is 0.00000106. The van der Waals surface area contributed by atoms with Crippen molar-refractivity contribution < 1.29 is 26.3 Å². The molecule has 0 saturated carbocycles. The van der Waals surface area contributed by atoms with Gasteiger partial charge in [0, 0.05) is 0 Å². The largest absolute Gasteiger partial charge is 0.416 e. The molecule has 0 bridgehead atoms. The van der Waals surface area contributed by atoms with Crippen LogP contribution in [0.3, 0.4) is 0 Å². The molecule has 0 atom stereocenters. The van der Waals surface area contributed by atoms with Crippen molar-refractivity contribution in [1.82, 2.24) is 0 Å². The zero-order chi connectivity index (χ0) is 13.0. The molecule has 0 saturated heterocycles. The first-order valence-corrected chi connectivity index (χ1v) is 3.96.